The van der Waals surface area contributed by atoms with Gasteiger partial charge >= 0.3 is 6.18 Å². The molecule has 2 aromatic heterocycles. The Balaban J connectivity index is 0.000000276. The highest BCUT2D eigenvalue weighted by atomic mass is 32.2. The van der Waals surface area contributed by atoms with E-state index in [9.17, 15) is 39.6 Å². The molecule has 288 valence electrons. The SMILES string of the molecule is CC(C)(C(=O)Nc1ccc(C(F)(F)F)cn1)S(=O)(=O)CC1CCCCO1.CC(C)(C)c1cc(NC(=O)C(C)(C)S(=O)(=O)CC2CCCCO2)no1. The summed E-state index contributed by atoms with van der Waals surface area (Å²) in [6, 6.07) is 3.36. The maximum Gasteiger partial charge on any atom is 0.417 e. The van der Waals surface area contributed by atoms with E-state index in [4.69, 9.17) is 14.0 Å². The molecule has 4 rings (SSSR count). The van der Waals surface area contributed by atoms with Crippen LogP contribution in [0.3, 0.4) is 0 Å². The number of anilines is 2. The maximum absolute atomic E-state index is 12.7. The number of nitrogens with zero attached hydrogens (tertiary/aromatic N) is 2. The molecule has 0 spiro atoms. The average molecular weight is 767 g/mol. The van der Waals surface area contributed by atoms with Crippen molar-refractivity contribution in [3.05, 3.63) is 35.7 Å². The summed E-state index contributed by atoms with van der Waals surface area (Å²) in [6.07, 6.45) is 0.180. The van der Waals surface area contributed by atoms with Crippen molar-refractivity contribution < 1.29 is 53.6 Å². The van der Waals surface area contributed by atoms with E-state index in [-0.39, 0.29) is 34.7 Å². The van der Waals surface area contributed by atoms with Crippen LogP contribution in [-0.4, -0.2) is 85.2 Å². The van der Waals surface area contributed by atoms with Crippen LogP contribution in [0.4, 0.5) is 24.8 Å². The molecule has 13 nitrogen and oxygen atoms in total. The van der Waals surface area contributed by atoms with Crippen LogP contribution in [0.25, 0.3) is 0 Å². The topological polar surface area (TPSA) is 184 Å². The first-order valence-corrected chi connectivity index (χ1v) is 20.0. The fraction of sp³-hybridized carbons (Fsp3) is 0.697. The number of ether oxygens (including phenoxy) is 2. The summed E-state index contributed by atoms with van der Waals surface area (Å²) < 4.78 is 101. The number of hydrogen-bond donors (Lipinski definition) is 2. The zero-order valence-corrected chi connectivity index (χ0v) is 31.7. The molecule has 51 heavy (non-hydrogen) atoms. The molecule has 2 saturated heterocycles. The third-order valence-electron chi connectivity index (χ3n) is 8.83. The predicted molar refractivity (Wildman–Crippen MR) is 185 cm³/mol. The number of halogens is 3. The number of hydrogen-bond acceptors (Lipinski definition) is 11. The zero-order chi connectivity index (χ0) is 38.5. The van der Waals surface area contributed by atoms with Gasteiger partial charge in [-0.05, 0) is 78.4 Å². The summed E-state index contributed by atoms with van der Waals surface area (Å²) in [5.41, 5.74) is -1.22. The van der Waals surface area contributed by atoms with Crippen molar-refractivity contribution in [2.75, 3.05) is 35.4 Å². The minimum absolute atomic E-state index is 0.153. The molecule has 2 atom stereocenters. The zero-order valence-electron chi connectivity index (χ0n) is 30.1. The van der Waals surface area contributed by atoms with Crippen molar-refractivity contribution in [2.24, 2.45) is 0 Å². The maximum atomic E-state index is 12.7. The molecule has 2 N–H and O–H groups in total. The number of carbonyl (C=O) groups is 2. The highest BCUT2D eigenvalue weighted by molar-refractivity contribution is 7.93. The Hall–Kier alpha value is -3.09. The van der Waals surface area contributed by atoms with Gasteiger partial charge in [0.05, 0.1) is 29.3 Å². The van der Waals surface area contributed by atoms with Crippen molar-refractivity contribution in [1.82, 2.24) is 10.1 Å². The first-order chi connectivity index (χ1) is 23.4. The molecular formula is C33H49F3N4O9S2. The Morgan fingerprint density at radius 1 is 0.765 bits per heavy atom. The van der Waals surface area contributed by atoms with E-state index in [0.717, 1.165) is 37.8 Å². The van der Waals surface area contributed by atoms with Gasteiger partial charge in [0.15, 0.2) is 25.5 Å². The molecule has 0 bridgehead atoms. The Morgan fingerprint density at radius 2 is 1.24 bits per heavy atom. The highest BCUT2D eigenvalue weighted by Crippen LogP contribution is 2.30. The van der Waals surface area contributed by atoms with Crippen LogP contribution in [0.2, 0.25) is 0 Å². The van der Waals surface area contributed by atoms with E-state index in [2.05, 4.69) is 20.8 Å². The van der Waals surface area contributed by atoms with Crippen molar-refractivity contribution >= 4 is 43.1 Å². The number of sulfone groups is 2. The minimum atomic E-state index is -4.54. The lowest BCUT2D eigenvalue weighted by Crippen LogP contribution is -2.48. The quantitative estimate of drug-likeness (QED) is 0.313. The Morgan fingerprint density at radius 3 is 1.59 bits per heavy atom. The summed E-state index contributed by atoms with van der Waals surface area (Å²) in [5.74, 6) is -1.25. The van der Waals surface area contributed by atoms with Gasteiger partial charge in [0, 0.05) is 30.9 Å². The number of aromatic nitrogens is 2. The minimum Gasteiger partial charge on any atom is -0.377 e. The van der Waals surface area contributed by atoms with E-state index in [0.29, 0.717) is 38.0 Å². The van der Waals surface area contributed by atoms with Crippen LogP contribution in [0.15, 0.2) is 28.9 Å². The lowest BCUT2D eigenvalue weighted by molar-refractivity contribution is -0.137. The van der Waals surface area contributed by atoms with E-state index < -0.39 is 58.8 Å². The van der Waals surface area contributed by atoms with Gasteiger partial charge in [0.2, 0.25) is 11.8 Å². The molecule has 2 unspecified atom stereocenters. The fourth-order valence-corrected chi connectivity index (χ4v) is 7.93. The molecule has 2 aliphatic rings. The second-order valence-corrected chi connectivity index (χ2v) is 19.9. The molecule has 2 aromatic rings. The smallest absolute Gasteiger partial charge is 0.377 e. The van der Waals surface area contributed by atoms with Gasteiger partial charge in [-0.1, -0.05) is 25.9 Å². The summed E-state index contributed by atoms with van der Waals surface area (Å²) in [5, 5.41) is 8.63. The standard InChI is InChI=1S/C17H28N2O5S.C16H21F3N2O4S/c1-16(2,3)13-10-14(19-24-13)18-15(20)17(4,5)25(21,22)11-12-8-6-7-9-23-12;1-15(2,26(23,24)10-12-5-3-4-8-25-12)14(22)21-13-7-6-11(9-20-13)16(17,18)19/h10,12H,6-9,11H2,1-5H3,(H,18,19,20);6-7,9,12H,3-5,8,10H2,1-2H3,(H,20,21,22). The van der Waals surface area contributed by atoms with Crippen LogP contribution >= 0.6 is 0 Å². The third kappa shape index (κ3) is 11.2. The number of alkyl halides is 3. The van der Waals surface area contributed by atoms with Crippen LogP contribution in [0.5, 0.6) is 0 Å². The second-order valence-electron chi connectivity index (χ2n) is 14.7. The van der Waals surface area contributed by atoms with E-state index in [1.54, 1.807) is 6.07 Å². The molecule has 2 amide bonds. The van der Waals surface area contributed by atoms with Crippen molar-refractivity contribution in [1.29, 1.82) is 0 Å². The molecule has 2 fully saturated rings. The van der Waals surface area contributed by atoms with E-state index >= 15 is 0 Å². The summed E-state index contributed by atoms with van der Waals surface area (Å²) in [4.78, 5) is 28.5. The molecule has 0 radical (unpaired) electrons. The lowest BCUT2D eigenvalue weighted by atomic mass is 9.93. The van der Waals surface area contributed by atoms with Gasteiger partial charge in [0.25, 0.3) is 0 Å². The summed E-state index contributed by atoms with van der Waals surface area (Å²) >= 11 is 0. The highest BCUT2D eigenvalue weighted by Gasteiger charge is 2.45. The monoisotopic (exact) mass is 766 g/mol. The molecular weight excluding hydrogens is 718 g/mol. The number of pyridine rings is 1. The molecule has 0 aromatic carbocycles. The molecule has 4 heterocycles. The second kappa shape index (κ2) is 16.3. The van der Waals surface area contributed by atoms with Gasteiger partial charge < -0.3 is 24.6 Å². The number of carbonyl (C=O) groups excluding carboxylic acids is 2. The van der Waals surface area contributed by atoms with Gasteiger partial charge in [-0.3, -0.25) is 9.59 Å². The number of amides is 2. The van der Waals surface area contributed by atoms with Gasteiger partial charge in [-0.15, -0.1) is 0 Å². The van der Waals surface area contributed by atoms with Crippen molar-refractivity contribution in [3.63, 3.8) is 0 Å². The Kier molecular flexibility index (Phi) is 13.5. The predicted octanol–water partition coefficient (Wildman–Crippen LogP) is 5.47. The first kappa shape index (κ1) is 42.3. The number of rotatable bonds is 10. The average Bonchev–Trinajstić information content (AvgIpc) is 3.51. The Bertz CT molecular complexity index is 1710. The largest absolute Gasteiger partial charge is 0.417 e. The van der Waals surface area contributed by atoms with Crippen molar-refractivity contribution in [3.8, 4) is 0 Å². The molecule has 18 heteroatoms. The lowest BCUT2D eigenvalue weighted by Gasteiger charge is -2.28. The fourth-order valence-electron chi connectivity index (χ4n) is 4.92. The van der Waals surface area contributed by atoms with Crippen LogP contribution < -0.4 is 10.6 Å². The molecule has 0 saturated carbocycles. The van der Waals surface area contributed by atoms with Gasteiger partial charge in [0.1, 0.15) is 21.1 Å². The first-order valence-electron chi connectivity index (χ1n) is 16.7. The van der Waals surface area contributed by atoms with Crippen LogP contribution in [0.1, 0.15) is 98.3 Å². The molecule has 0 aliphatic carbocycles. The van der Waals surface area contributed by atoms with E-state index in [1.165, 1.54) is 27.7 Å². The summed E-state index contributed by atoms with van der Waals surface area (Å²) in [6.45, 7) is 12.3. The van der Waals surface area contributed by atoms with Gasteiger partial charge in [-0.2, -0.15) is 13.2 Å². The van der Waals surface area contributed by atoms with Gasteiger partial charge in [-0.25, -0.2) is 21.8 Å². The Labute approximate surface area is 297 Å². The molecule has 2 aliphatic heterocycles. The van der Waals surface area contributed by atoms with E-state index in [1.807, 2.05) is 20.8 Å². The van der Waals surface area contributed by atoms with Crippen molar-refractivity contribution in [2.45, 2.75) is 120 Å². The van der Waals surface area contributed by atoms with Crippen LogP contribution in [-0.2, 0) is 50.3 Å². The number of nitrogens with one attached hydrogen (secondary N) is 2. The van der Waals surface area contributed by atoms with Crippen LogP contribution in [0, 0.1) is 0 Å². The third-order valence-corrected chi connectivity index (χ3v) is 13.9. The summed E-state index contributed by atoms with van der Waals surface area (Å²) in [7, 11) is -7.55. The normalized spacial score (nSPS) is 19.4.